The van der Waals surface area contributed by atoms with E-state index < -0.39 is 28.1 Å². The van der Waals surface area contributed by atoms with Crippen molar-refractivity contribution in [3.63, 3.8) is 0 Å². The molecule has 1 fully saturated rings. The van der Waals surface area contributed by atoms with Gasteiger partial charge in [-0.2, -0.15) is 17.9 Å². The highest BCUT2D eigenvalue weighted by atomic mass is 32.2. The van der Waals surface area contributed by atoms with Crippen molar-refractivity contribution in [2.75, 3.05) is 0 Å². The Kier molecular flexibility index (Phi) is 5.73. The minimum absolute atomic E-state index is 0.114. The quantitative estimate of drug-likeness (QED) is 0.555. The number of aryl methyl sites for hydroxylation is 1. The number of sulfonamides is 1. The third-order valence-electron chi connectivity index (χ3n) is 5.93. The summed E-state index contributed by atoms with van der Waals surface area (Å²) >= 11 is 0. The molecule has 0 unspecified atom stereocenters. The Hall–Kier alpha value is -2.92. The highest BCUT2D eigenvalue weighted by Crippen LogP contribution is 2.42. The van der Waals surface area contributed by atoms with Crippen molar-refractivity contribution < 1.29 is 26.4 Å². The molecule has 1 amide bonds. The fourth-order valence-corrected chi connectivity index (χ4v) is 5.21. The van der Waals surface area contributed by atoms with Gasteiger partial charge in [0.25, 0.3) is 5.91 Å². The average Bonchev–Trinajstić information content (AvgIpc) is 3.00. The smallest absolute Gasteiger partial charge is 0.366 e. The number of primary amides is 1. The second-order valence-corrected chi connectivity index (χ2v) is 10.0. The van der Waals surface area contributed by atoms with Crippen LogP contribution in [0, 0.1) is 6.92 Å². The lowest BCUT2D eigenvalue weighted by Gasteiger charge is -2.29. The Balaban J connectivity index is 1.83. The number of pyridine rings is 1. The Morgan fingerprint density at radius 2 is 1.88 bits per heavy atom. The van der Waals surface area contributed by atoms with Crippen LogP contribution in [0.2, 0.25) is 0 Å². The van der Waals surface area contributed by atoms with Gasteiger partial charge < -0.3 is 10.3 Å². The number of halogens is 3. The van der Waals surface area contributed by atoms with Crippen molar-refractivity contribution in [3.8, 4) is 11.3 Å². The van der Waals surface area contributed by atoms with Gasteiger partial charge in [0.05, 0.1) is 16.2 Å². The highest BCUT2D eigenvalue weighted by molar-refractivity contribution is 7.89. The first-order valence-electron chi connectivity index (χ1n) is 10.4. The molecule has 0 spiro atoms. The third-order valence-corrected chi connectivity index (χ3v) is 7.48. The number of carbonyl (C=O) groups excluding carboxylic acids is 1. The molecule has 3 N–H and O–H groups in total. The Morgan fingerprint density at radius 1 is 1.24 bits per heavy atom. The van der Waals surface area contributed by atoms with Crippen LogP contribution in [0.1, 0.15) is 48.1 Å². The number of alkyl halides is 3. The van der Waals surface area contributed by atoms with E-state index >= 15 is 0 Å². The van der Waals surface area contributed by atoms with Crippen LogP contribution in [-0.2, 0) is 10.0 Å². The Morgan fingerprint density at radius 3 is 2.39 bits per heavy atom. The molecule has 11 heteroatoms. The number of aromatic nitrogens is 2. The second-order valence-electron chi connectivity index (χ2n) is 8.34. The molecule has 1 aliphatic rings. The van der Waals surface area contributed by atoms with Crippen LogP contribution in [0.15, 0.2) is 41.4 Å². The molecular formula is C22H23F3N4O3S. The first-order chi connectivity index (χ1) is 15.4. The van der Waals surface area contributed by atoms with Crippen molar-refractivity contribution in [3.05, 3.63) is 47.7 Å². The van der Waals surface area contributed by atoms with Crippen molar-refractivity contribution in [2.45, 2.75) is 56.3 Å². The molecule has 2 heterocycles. The molecule has 1 saturated carbocycles. The number of nitrogens with zero attached hydrogens (tertiary/aromatic N) is 2. The number of nitrogens with one attached hydrogen (secondary N) is 1. The van der Waals surface area contributed by atoms with E-state index in [1.807, 2.05) is 17.6 Å². The number of fused-ring (bicyclic) bond motifs is 1. The summed E-state index contributed by atoms with van der Waals surface area (Å²) in [5.41, 5.74) is 8.55. The maximum atomic E-state index is 12.8. The summed E-state index contributed by atoms with van der Waals surface area (Å²) in [6.07, 6.45) is -0.179. The van der Waals surface area contributed by atoms with Crippen LogP contribution in [0.3, 0.4) is 0 Å². The lowest BCUT2D eigenvalue weighted by Crippen LogP contribution is -2.42. The van der Waals surface area contributed by atoms with Crippen molar-refractivity contribution in [1.29, 1.82) is 0 Å². The summed E-state index contributed by atoms with van der Waals surface area (Å²) in [4.78, 5) is 16.7. The van der Waals surface area contributed by atoms with E-state index in [-0.39, 0.29) is 16.5 Å². The van der Waals surface area contributed by atoms with E-state index in [2.05, 4.69) is 4.98 Å². The van der Waals surface area contributed by atoms with E-state index in [1.54, 1.807) is 10.9 Å². The molecule has 7 nitrogen and oxygen atoms in total. The zero-order chi connectivity index (χ0) is 24.1. The molecule has 1 aromatic carbocycles. The SMILES string of the molecule is Cc1cnc2c(c1)c(C(N)=O)c(-c1ccc(S(=O)(=O)N[C@@H](C)C(F)(F)F)cc1)n2C1CCC1. The van der Waals surface area contributed by atoms with Crippen LogP contribution in [0.4, 0.5) is 13.2 Å². The molecule has 2 aromatic heterocycles. The number of rotatable bonds is 6. The maximum Gasteiger partial charge on any atom is 0.404 e. The van der Waals surface area contributed by atoms with Crippen LogP contribution in [0.5, 0.6) is 0 Å². The lowest BCUT2D eigenvalue weighted by atomic mass is 9.92. The van der Waals surface area contributed by atoms with Crippen LogP contribution < -0.4 is 10.5 Å². The van der Waals surface area contributed by atoms with E-state index in [9.17, 15) is 26.4 Å². The van der Waals surface area contributed by atoms with E-state index in [4.69, 9.17) is 5.73 Å². The first kappa shape index (κ1) is 23.2. The van der Waals surface area contributed by atoms with E-state index in [0.717, 1.165) is 31.7 Å². The van der Waals surface area contributed by atoms with Gasteiger partial charge in [0.15, 0.2) is 0 Å². The zero-order valence-electron chi connectivity index (χ0n) is 18.0. The van der Waals surface area contributed by atoms with Gasteiger partial charge in [-0.05, 0) is 62.4 Å². The fourth-order valence-electron chi connectivity index (χ4n) is 3.98. The summed E-state index contributed by atoms with van der Waals surface area (Å²) in [6.45, 7) is 2.59. The van der Waals surface area contributed by atoms with Crippen molar-refractivity contribution in [2.24, 2.45) is 5.73 Å². The maximum absolute atomic E-state index is 12.8. The van der Waals surface area contributed by atoms with Gasteiger partial charge in [0.1, 0.15) is 11.7 Å². The highest BCUT2D eigenvalue weighted by Gasteiger charge is 2.39. The van der Waals surface area contributed by atoms with E-state index in [0.29, 0.717) is 22.3 Å². The fraction of sp³-hybridized carbons (Fsp3) is 0.364. The normalized spacial score (nSPS) is 16.0. The lowest BCUT2D eigenvalue weighted by molar-refractivity contribution is -0.147. The standard InChI is InChI=1S/C22H23F3N4O3S/c1-12-10-17-18(20(26)30)19(29(15-4-3-5-15)21(17)27-11-12)14-6-8-16(9-7-14)33(31,32)28-13(2)22(23,24)25/h6-11,13,15,28H,3-5H2,1-2H3,(H2,26,30)/t13-/m0/s1. The predicted molar refractivity (Wildman–Crippen MR) is 117 cm³/mol. The molecule has 0 bridgehead atoms. The van der Waals surface area contributed by atoms with Crippen LogP contribution in [0.25, 0.3) is 22.3 Å². The minimum Gasteiger partial charge on any atom is -0.366 e. The van der Waals surface area contributed by atoms with Crippen molar-refractivity contribution >= 4 is 27.0 Å². The largest absolute Gasteiger partial charge is 0.404 e. The average molecular weight is 481 g/mol. The summed E-state index contributed by atoms with van der Waals surface area (Å²) < 4.78 is 66.9. The van der Waals surface area contributed by atoms with Gasteiger partial charge in [0, 0.05) is 17.6 Å². The number of nitrogens with two attached hydrogens (primary N) is 1. The Bertz CT molecular complexity index is 1330. The first-order valence-corrected chi connectivity index (χ1v) is 11.9. The molecule has 3 aromatic rings. The predicted octanol–water partition coefficient (Wildman–Crippen LogP) is 4.06. The summed E-state index contributed by atoms with van der Waals surface area (Å²) in [5, 5.41) is 0.613. The topological polar surface area (TPSA) is 107 Å². The molecule has 1 aliphatic carbocycles. The second kappa shape index (κ2) is 8.14. The van der Waals surface area contributed by atoms with Gasteiger partial charge >= 0.3 is 6.18 Å². The Labute approximate surface area is 188 Å². The zero-order valence-corrected chi connectivity index (χ0v) is 18.8. The molecular weight excluding hydrogens is 457 g/mol. The monoisotopic (exact) mass is 480 g/mol. The number of amides is 1. The molecule has 0 radical (unpaired) electrons. The van der Waals surface area contributed by atoms with E-state index in [1.165, 1.54) is 24.3 Å². The van der Waals surface area contributed by atoms with Crippen molar-refractivity contribution in [1.82, 2.24) is 14.3 Å². The number of hydrogen-bond acceptors (Lipinski definition) is 4. The molecule has 0 saturated heterocycles. The molecule has 4 rings (SSSR count). The number of carbonyl (C=O) groups is 1. The van der Waals surface area contributed by atoms with Crippen LogP contribution in [-0.4, -0.2) is 36.1 Å². The third kappa shape index (κ3) is 4.22. The van der Waals surface area contributed by atoms with Gasteiger partial charge in [-0.1, -0.05) is 12.1 Å². The van der Waals surface area contributed by atoms with Gasteiger partial charge in [-0.15, -0.1) is 0 Å². The van der Waals surface area contributed by atoms with Gasteiger partial charge in [-0.3, -0.25) is 4.79 Å². The summed E-state index contributed by atoms with van der Waals surface area (Å²) in [7, 11) is -4.40. The molecule has 0 aliphatic heterocycles. The molecule has 176 valence electrons. The number of benzene rings is 1. The van der Waals surface area contributed by atoms with Gasteiger partial charge in [0.2, 0.25) is 10.0 Å². The summed E-state index contributed by atoms with van der Waals surface area (Å²) in [5.74, 6) is -0.641. The minimum atomic E-state index is -4.71. The van der Waals surface area contributed by atoms with Gasteiger partial charge in [-0.25, -0.2) is 13.4 Å². The van der Waals surface area contributed by atoms with Crippen LogP contribution >= 0.6 is 0 Å². The molecule has 33 heavy (non-hydrogen) atoms. The summed E-state index contributed by atoms with van der Waals surface area (Å²) in [6, 6.07) is 5.08. The molecule has 1 atom stereocenters. The number of hydrogen-bond donors (Lipinski definition) is 2.